The van der Waals surface area contributed by atoms with E-state index in [1.165, 1.54) is 10.4 Å². The number of nitrogen functional groups attached to an aromatic ring is 1. The van der Waals surface area contributed by atoms with Crippen LogP contribution in [0.15, 0.2) is 52.2 Å². The van der Waals surface area contributed by atoms with Gasteiger partial charge in [-0.25, -0.2) is 9.97 Å². The normalized spacial score (nSPS) is 12.5. The molecular weight excluding hydrogens is 452 g/mol. The lowest BCUT2D eigenvalue weighted by atomic mass is 10.2. The van der Waals surface area contributed by atoms with Crippen molar-refractivity contribution in [1.29, 1.82) is 0 Å². The van der Waals surface area contributed by atoms with E-state index < -0.39 is 0 Å². The van der Waals surface area contributed by atoms with Crippen LogP contribution in [0.2, 0.25) is 0 Å². The Bertz CT molecular complexity index is 1440. The second kappa shape index (κ2) is 8.64. The molecule has 2 N–H and O–H groups in total. The summed E-state index contributed by atoms with van der Waals surface area (Å²) in [5, 5.41) is 10.7. The molecule has 7 nitrogen and oxygen atoms in total. The fraction of sp³-hybridized carbons (Fsp3) is 0.250. The highest BCUT2D eigenvalue weighted by Crippen LogP contribution is 2.38. The van der Waals surface area contributed by atoms with Gasteiger partial charge in [0, 0.05) is 4.88 Å². The second-order valence-corrected chi connectivity index (χ2v) is 10.5. The van der Waals surface area contributed by atoms with Crippen molar-refractivity contribution in [1.82, 2.24) is 24.7 Å². The van der Waals surface area contributed by atoms with Crippen molar-refractivity contribution in [2.24, 2.45) is 0 Å². The monoisotopic (exact) mass is 476 g/mol. The molecule has 0 saturated heterocycles. The molecule has 5 rings (SSSR count). The van der Waals surface area contributed by atoms with Gasteiger partial charge in [-0.15, -0.1) is 21.5 Å². The van der Waals surface area contributed by atoms with Gasteiger partial charge in [0.05, 0.1) is 29.0 Å². The zero-order valence-corrected chi connectivity index (χ0v) is 20.5. The van der Waals surface area contributed by atoms with Crippen molar-refractivity contribution in [3.05, 3.63) is 70.3 Å². The van der Waals surface area contributed by atoms with Crippen molar-refractivity contribution in [2.75, 3.05) is 5.73 Å². The van der Waals surface area contributed by atoms with Crippen LogP contribution in [0.1, 0.15) is 39.8 Å². The van der Waals surface area contributed by atoms with Gasteiger partial charge in [0.25, 0.3) is 0 Å². The van der Waals surface area contributed by atoms with E-state index in [0.29, 0.717) is 18.2 Å². The summed E-state index contributed by atoms with van der Waals surface area (Å²) in [6, 6.07) is 12.2. The molecule has 0 aliphatic rings. The molecule has 1 atom stereocenters. The molecule has 5 aromatic rings. The number of rotatable bonds is 6. The maximum absolute atomic E-state index is 6.32. The topological polar surface area (TPSA) is 95.7 Å². The molecule has 4 aromatic heterocycles. The summed E-state index contributed by atoms with van der Waals surface area (Å²) in [4.78, 5) is 11.6. The predicted octanol–water partition coefficient (Wildman–Crippen LogP) is 5.95. The van der Waals surface area contributed by atoms with Gasteiger partial charge in [-0.3, -0.25) is 4.57 Å². The molecule has 4 heterocycles. The number of nitrogens with zero attached hydrogens (tertiary/aromatic N) is 5. The number of thiophene rings is 1. The number of aryl methyl sites for hydroxylation is 3. The summed E-state index contributed by atoms with van der Waals surface area (Å²) >= 11 is 3.23. The van der Waals surface area contributed by atoms with E-state index in [1.807, 2.05) is 31.2 Å². The predicted molar refractivity (Wildman–Crippen MR) is 134 cm³/mol. The first kappa shape index (κ1) is 21.7. The summed E-state index contributed by atoms with van der Waals surface area (Å²) < 4.78 is 7.65. The van der Waals surface area contributed by atoms with Gasteiger partial charge in [-0.2, -0.15) is 0 Å². The first-order valence-electron chi connectivity index (χ1n) is 10.6. The minimum absolute atomic E-state index is 0.0589. The quantitative estimate of drug-likeness (QED) is 0.302. The van der Waals surface area contributed by atoms with Crippen molar-refractivity contribution >= 4 is 39.1 Å². The van der Waals surface area contributed by atoms with Gasteiger partial charge >= 0.3 is 0 Å². The van der Waals surface area contributed by atoms with Crippen LogP contribution >= 0.6 is 23.1 Å². The number of thioether (sulfide) groups is 1. The highest BCUT2D eigenvalue weighted by Gasteiger charge is 2.22. The van der Waals surface area contributed by atoms with E-state index in [0.717, 1.165) is 38.1 Å². The first-order chi connectivity index (χ1) is 15.9. The third-order valence-corrected chi connectivity index (χ3v) is 7.90. The van der Waals surface area contributed by atoms with Crippen LogP contribution in [0.4, 0.5) is 5.82 Å². The average Bonchev–Trinajstić information content (AvgIpc) is 3.47. The number of nitrogens with two attached hydrogens (primary N) is 1. The number of aromatic nitrogens is 5. The third-order valence-electron chi connectivity index (χ3n) is 5.72. The Balaban J connectivity index is 1.52. The van der Waals surface area contributed by atoms with Crippen LogP contribution in [-0.4, -0.2) is 24.7 Å². The maximum atomic E-state index is 6.32. The highest BCUT2D eigenvalue weighted by atomic mass is 32.2. The van der Waals surface area contributed by atoms with E-state index >= 15 is 0 Å². The van der Waals surface area contributed by atoms with E-state index in [1.54, 1.807) is 29.4 Å². The molecule has 0 aliphatic carbocycles. The lowest BCUT2D eigenvalue weighted by Gasteiger charge is -2.13. The van der Waals surface area contributed by atoms with Crippen molar-refractivity contribution in [3.63, 3.8) is 0 Å². The number of anilines is 1. The molecule has 0 amide bonds. The smallest absolute Gasteiger partial charge is 0.192 e. The largest absolute Gasteiger partial charge is 0.469 e. The molecule has 0 spiro atoms. The Labute approximate surface area is 200 Å². The number of fused-ring (bicyclic) bond motifs is 1. The third kappa shape index (κ3) is 4.02. The van der Waals surface area contributed by atoms with Gasteiger partial charge in [0.2, 0.25) is 0 Å². The lowest BCUT2D eigenvalue weighted by molar-refractivity contribution is 0.534. The average molecular weight is 477 g/mol. The molecule has 0 fully saturated rings. The summed E-state index contributed by atoms with van der Waals surface area (Å²) in [6.45, 7) is 8.81. The molecule has 0 aliphatic heterocycles. The van der Waals surface area contributed by atoms with Gasteiger partial charge in [0.1, 0.15) is 22.2 Å². The molecular formula is C24H24N6OS2. The van der Waals surface area contributed by atoms with Crippen molar-refractivity contribution in [3.8, 4) is 11.4 Å². The van der Waals surface area contributed by atoms with Crippen molar-refractivity contribution < 1.29 is 4.42 Å². The molecule has 1 unspecified atom stereocenters. The molecule has 33 heavy (non-hydrogen) atoms. The number of hydrogen-bond acceptors (Lipinski definition) is 8. The molecule has 0 bridgehead atoms. The SMILES string of the molecule is Cc1occc1-c1nnc(SC(C)c2nc(N)c3c(C)c(C)sc3n2)n1Cc1ccccc1. The van der Waals surface area contributed by atoms with Crippen LogP contribution in [0.3, 0.4) is 0 Å². The maximum Gasteiger partial charge on any atom is 0.192 e. The molecule has 168 valence electrons. The zero-order chi connectivity index (χ0) is 23.1. The summed E-state index contributed by atoms with van der Waals surface area (Å²) in [7, 11) is 0. The van der Waals surface area contributed by atoms with Crippen LogP contribution in [0, 0.1) is 20.8 Å². The lowest BCUT2D eigenvalue weighted by Crippen LogP contribution is -2.06. The summed E-state index contributed by atoms with van der Waals surface area (Å²) in [5.41, 5.74) is 9.58. The van der Waals surface area contributed by atoms with E-state index in [4.69, 9.17) is 15.1 Å². The van der Waals surface area contributed by atoms with Gasteiger partial charge in [-0.1, -0.05) is 42.1 Å². The summed E-state index contributed by atoms with van der Waals surface area (Å²) in [5.74, 6) is 2.82. The molecule has 1 aromatic carbocycles. The number of hydrogen-bond donors (Lipinski definition) is 1. The Kier molecular flexibility index (Phi) is 5.67. The van der Waals surface area contributed by atoms with Crippen LogP contribution in [0.5, 0.6) is 0 Å². The van der Waals surface area contributed by atoms with E-state index in [-0.39, 0.29) is 5.25 Å². The zero-order valence-electron chi connectivity index (χ0n) is 18.9. The number of furan rings is 1. The first-order valence-corrected chi connectivity index (χ1v) is 12.3. The number of benzene rings is 1. The van der Waals surface area contributed by atoms with Crippen molar-refractivity contribution in [2.45, 2.75) is 44.6 Å². The molecule has 0 radical (unpaired) electrons. The van der Waals surface area contributed by atoms with Gasteiger partial charge < -0.3 is 10.2 Å². The van der Waals surface area contributed by atoms with Crippen LogP contribution in [-0.2, 0) is 6.54 Å². The van der Waals surface area contributed by atoms with E-state index in [2.05, 4.69) is 52.7 Å². The highest BCUT2D eigenvalue weighted by molar-refractivity contribution is 7.99. The summed E-state index contributed by atoms with van der Waals surface area (Å²) in [6.07, 6.45) is 1.68. The Morgan fingerprint density at radius 2 is 1.88 bits per heavy atom. The van der Waals surface area contributed by atoms with E-state index in [9.17, 15) is 0 Å². The molecule has 0 saturated carbocycles. The van der Waals surface area contributed by atoms with Gasteiger partial charge in [-0.05, 0) is 44.9 Å². The fourth-order valence-corrected chi connectivity index (χ4v) is 5.73. The molecule has 9 heteroatoms. The fourth-order valence-electron chi connectivity index (χ4n) is 3.79. The Hall–Kier alpha value is -3.17. The van der Waals surface area contributed by atoms with Crippen LogP contribution < -0.4 is 5.73 Å². The van der Waals surface area contributed by atoms with Crippen LogP contribution in [0.25, 0.3) is 21.6 Å². The minimum Gasteiger partial charge on any atom is -0.469 e. The standard InChI is InChI=1S/C24H24N6OS2/c1-13-15(3)32-23-19(13)20(25)26-21(27-23)16(4)33-24-29-28-22(18-10-11-31-14(18)2)30(24)12-17-8-6-5-7-9-17/h5-11,16H,12H2,1-4H3,(H2,25,26,27). The second-order valence-electron chi connectivity index (χ2n) is 7.96. The Morgan fingerprint density at radius 3 is 2.61 bits per heavy atom. The van der Waals surface area contributed by atoms with Gasteiger partial charge in [0.15, 0.2) is 11.0 Å². The Morgan fingerprint density at radius 1 is 1.09 bits per heavy atom. The minimum atomic E-state index is -0.0589.